The normalized spacial score (nSPS) is 10.5. The van der Waals surface area contributed by atoms with Gasteiger partial charge in [0.2, 0.25) is 5.91 Å². The number of carbonyl (C=O) groups excluding carboxylic acids is 2. The molecule has 1 amide bonds. The van der Waals surface area contributed by atoms with Gasteiger partial charge in [-0.1, -0.05) is 24.3 Å². The van der Waals surface area contributed by atoms with Crippen LogP contribution in [0, 0.1) is 0 Å². The summed E-state index contributed by atoms with van der Waals surface area (Å²) in [6, 6.07) is 7.82. The summed E-state index contributed by atoms with van der Waals surface area (Å²) < 4.78 is 1.86. The molecule has 0 N–H and O–H groups in total. The van der Waals surface area contributed by atoms with Gasteiger partial charge in [-0.25, -0.2) is 0 Å². The number of benzene rings is 1. The third-order valence-corrected chi connectivity index (χ3v) is 3.52. The fourth-order valence-corrected chi connectivity index (χ4v) is 2.46. The van der Waals surface area contributed by atoms with Crippen LogP contribution in [-0.2, 0) is 18.4 Å². The van der Waals surface area contributed by atoms with Crippen LogP contribution in [0.4, 0.5) is 0 Å². The molecular weight excluding hydrogens is 252 g/mol. The van der Waals surface area contributed by atoms with E-state index in [0.717, 1.165) is 22.8 Å². The lowest BCUT2D eigenvalue weighted by Gasteiger charge is -2.19. The summed E-state index contributed by atoms with van der Waals surface area (Å²) in [6.45, 7) is 6.07. The Bertz CT molecular complexity index is 670. The van der Waals surface area contributed by atoms with Gasteiger partial charge in [0.25, 0.3) is 0 Å². The SMILES string of the molecule is C=CCN(Cc1c(C=O)n(C)c2ccccc12)C(C)=O. The maximum absolute atomic E-state index is 11.7. The maximum atomic E-state index is 11.7. The van der Waals surface area contributed by atoms with Gasteiger partial charge in [-0.05, 0) is 6.07 Å². The van der Waals surface area contributed by atoms with Crippen LogP contribution in [0.1, 0.15) is 23.0 Å². The molecule has 0 saturated heterocycles. The van der Waals surface area contributed by atoms with Crippen molar-refractivity contribution in [1.82, 2.24) is 9.47 Å². The zero-order valence-electron chi connectivity index (χ0n) is 11.8. The first-order valence-electron chi connectivity index (χ1n) is 6.48. The number of aldehydes is 1. The minimum atomic E-state index is -0.0327. The molecule has 0 radical (unpaired) electrons. The second-order valence-electron chi connectivity index (χ2n) is 4.75. The largest absolute Gasteiger partial charge is 0.341 e. The molecule has 1 aromatic carbocycles. The molecule has 1 heterocycles. The Labute approximate surface area is 118 Å². The van der Waals surface area contributed by atoms with Gasteiger partial charge in [0.05, 0.1) is 5.69 Å². The number of carbonyl (C=O) groups is 2. The first-order valence-corrected chi connectivity index (χ1v) is 6.48. The van der Waals surface area contributed by atoms with Crippen LogP contribution in [0.25, 0.3) is 10.9 Å². The lowest BCUT2D eigenvalue weighted by atomic mass is 10.1. The summed E-state index contributed by atoms with van der Waals surface area (Å²) in [6.07, 6.45) is 2.54. The summed E-state index contributed by atoms with van der Waals surface area (Å²) in [7, 11) is 1.86. The Morgan fingerprint density at radius 2 is 2.10 bits per heavy atom. The van der Waals surface area contributed by atoms with Crippen LogP contribution in [0.2, 0.25) is 0 Å². The van der Waals surface area contributed by atoms with E-state index in [9.17, 15) is 9.59 Å². The van der Waals surface area contributed by atoms with Crippen molar-refractivity contribution in [2.45, 2.75) is 13.5 Å². The van der Waals surface area contributed by atoms with Crippen LogP contribution in [0.15, 0.2) is 36.9 Å². The molecule has 0 aliphatic carbocycles. The zero-order chi connectivity index (χ0) is 14.7. The third-order valence-electron chi connectivity index (χ3n) is 3.52. The molecule has 0 unspecified atom stereocenters. The van der Waals surface area contributed by atoms with E-state index in [1.165, 1.54) is 6.92 Å². The molecule has 0 bridgehead atoms. The molecular formula is C16H18N2O2. The smallest absolute Gasteiger partial charge is 0.220 e. The van der Waals surface area contributed by atoms with E-state index in [1.54, 1.807) is 11.0 Å². The van der Waals surface area contributed by atoms with E-state index in [1.807, 2.05) is 35.9 Å². The van der Waals surface area contributed by atoms with E-state index in [4.69, 9.17) is 0 Å². The molecule has 1 aromatic heterocycles. The van der Waals surface area contributed by atoms with Crippen LogP contribution in [0.3, 0.4) is 0 Å². The van der Waals surface area contributed by atoms with Gasteiger partial charge < -0.3 is 9.47 Å². The van der Waals surface area contributed by atoms with Crippen LogP contribution in [0.5, 0.6) is 0 Å². The second-order valence-corrected chi connectivity index (χ2v) is 4.75. The fraction of sp³-hybridized carbons (Fsp3) is 0.250. The van der Waals surface area contributed by atoms with Crippen molar-refractivity contribution in [1.29, 1.82) is 0 Å². The minimum Gasteiger partial charge on any atom is -0.341 e. The third kappa shape index (κ3) is 2.37. The quantitative estimate of drug-likeness (QED) is 0.619. The highest BCUT2D eigenvalue weighted by Crippen LogP contribution is 2.25. The summed E-state index contributed by atoms with van der Waals surface area (Å²) in [4.78, 5) is 24.7. The van der Waals surface area contributed by atoms with Crippen LogP contribution in [-0.4, -0.2) is 28.2 Å². The van der Waals surface area contributed by atoms with Crippen LogP contribution < -0.4 is 0 Å². The molecule has 0 aliphatic heterocycles. The van der Waals surface area contributed by atoms with Gasteiger partial charge in [-0.3, -0.25) is 9.59 Å². The molecule has 2 aromatic rings. The molecule has 0 atom stereocenters. The van der Waals surface area contributed by atoms with Gasteiger partial charge >= 0.3 is 0 Å². The molecule has 20 heavy (non-hydrogen) atoms. The van der Waals surface area contributed by atoms with E-state index >= 15 is 0 Å². The predicted molar refractivity (Wildman–Crippen MR) is 79.6 cm³/mol. The number of hydrogen-bond donors (Lipinski definition) is 0. The Balaban J connectivity index is 2.55. The van der Waals surface area contributed by atoms with Crippen molar-refractivity contribution in [2.75, 3.05) is 6.54 Å². The van der Waals surface area contributed by atoms with E-state index in [2.05, 4.69) is 6.58 Å². The van der Waals surface area contributed by atoms with E-state index in [0.29, 0.717) is 18.8 Å². The minimum absolute atomic E-state index is 0.0327. The monoisotopic (exact) mass is 270 g/mol. The zero-order valence-corrected chi connectivity index (χ0v) is 11.8. The Morgan fingerprint density at radius 3 is 2.70 bits per heavy atom. The molecule has 4 heteroatoms. The molecule has 2 rings (SSSR count). The predicted octanol–water partition coefficient (Wildman–Crippen LogP) is 2.53. The molecule has 0 fully saturated rings. The number of nitrogens with zero attached hydrogens (tertiary/aromatic N) is 2. The molecule has 4 nitrogen and oxygen atoms in total. The van der Waals surface area contributed by atoms with Crippen molar-refractivity contribution in [3.63, 3.8) is 0 Å². The molecule has 0 saturated carbocycles. The van der Waals surface area contributed by atoms with Crippen LogP contribution >= 0.6 is 0 Å². The van der Waals surface area contributed by atoms with Gasteiger partial charge in [0.15, 0.2) is 6.29 Å². The maximum Gasteiger partial charge on any atom is 0.220 e. The van der Waals surface area contributed by atoms with E-state index < -0.39 is 0 Å². The average molecular weight is 270 g/mol. The first-order chi connectivity index (χ1) is 9.60. The molecule has 104 valence electrons. The number of amides is 1. The summed E-state index contributed by atoms with van der Waals surface area (Å²) in [5.41, 5.74) is 2.49. The van der Waals surface area contributed by atoms with Crippen molar-refractivity contribution >= 4 is 23.1 Å². The highest BCUT2D eigenvalue weighted by atomic mass is 16.2. The number of hydrogen-bond acceptors (Lipinski definition) is 2. The lowest BCUT2D eigenvalue weighted by Crippen LogP contribution is -2.28. The first kappa shape index (κ1) is 14.1. The topological polar surface area (TPSA) is 42.3 Å². The standard InChI is InChI=1S/C16H18N2O2/c1-4-9-18(12(2)20)10-14-13-7-5-6-8-15(13)17(3)16(14)11-19/h4-8,11H,1,9-10H2,2-3H3. The van der Waals surface area contributed by atoms with E-state index in [-0.39, 0.29) is 5.91 Å². The highest BCUT2D eigenvalue weighted by Gasteiger charge is 2.17. The van der Waals surface area contributed by atoms with Gasteiger partial charge in [-0.2, -0.15) is 0 Å². The number of rotatable bonds is 5. The summed E-state index contributed by atoms with van der Waals surface area (Å²) in [5.74, 6) is -0.0327. The van der Waals surface area contributed by atoms with Crippen molar-refractivity contribution in [3.05, 3.63) is 48.2 Å². The fourth-order valence-electron chi connectivity index (χ4n) is 2.46. The average Bonchev–Trinajstić information content (AvgIpc) is 2.71. The molecule has 0 spiro atoms. The summed E-state index contributed by atoms with van der Waals surface area (Å²) >= 11 is 0. The second kappa shape index (κ2) is 5.74. The lowest BCUT2D eigenvalue weighted by molar-refractivity contribution is -0.128. The Morgan fingerprint density at radius 1 is 1.40 bits per heavy atom. The Hall–Kier alpha value is -2.36. The number of fused-ring (bicyclic) bond motifs is 1. The Kier molecular flexibility index (Phi) is 4.03. The number of aryl methyl sites for hydroxylation is 1. The van der Waals surface area contributed by atoms with Gasteiger partial charge in [0, 0.05) is 43.5 Å². The summed E-state index contributed by atoms with van der Waals surface area (Å²) in [5, 5.41) is 1.01. The van der Waals surface area contributed by atoms with Crippen molar-refractivity contribution in [3.8, 4) is 0 Å². The van der Waals surface area contributed by atoms with Crippen molar-refractivity contribution in [2.24, 2.45) is 7.05 Å². The highest BCUT2D eigenvalue weighted by molar-refractivity contribution is 5.93. The molecule has 0 aliphatic rings. The van der Waals surface area contributed by atoms with Gasteiger partial charge in [0.1, 0.15) is 0 Å². The van der Waals surface area contributed by atoms with Gasteiger partial charge in [-0.15, -0.1) is 6.58 Å². The number of para-hydroxylation sites is 1. The number of aromatic nitrogens is 1. The van der Waals surface area contributed by atoms with Crippen molar-refractivity contribution < 1.29 is 9.59 Å².